The lowest BCUT2D eigenvalue weighted by molar-refractivity contribution is -0.179. The lowest BCUT2D eigenvalue weighted by atomic mass is 10.1. The lowest BCUT2D eigenvalue weighted by Gasteiger charge is -2.36. The summed E-state index contributed by atoms with van der Waals surface area (Å²) < 4.78 is 39.1. The fraction of sp³-hybridized carbons (Fsp3) is 0.722. The predicted molar refractivity (Wildman–Crippen MR) is 101 cm³/mol. The van der Waals surface area contributed by atoms with Crippen LogP contribution in [0.3, 0.4) is 0 Å². The molecule has 0 aromatic carbocycles. The molecule has 3 aliphatic heterocycles. The smallest absolute Gasteiger partial charge is 0.252 e. The summed E-state index contributed by atoms with van der Waals surface area (Å²) in [6.45, 7) is 3.56. The van der Waals surface area contributed by atoms with Gasteiger partial charge in [0, 0.05) is 43.9 Å². The van der Waals surface area contributed by atoms with Gasteiger partial charge in [0.15, 0.2) is 5.79 Å². The first-order chi connectivity index (χ1) is 13.0. The minimum Gasteiger partial charge on any atom is -0.347 e. The Hall–Kier alpha value is -1.00. The zero-order valence-electron chi connectivity index (χ0n) is 15.4. The molecule has 0 radical (unpaired) electrons. The fourth-order valence-electron chi connectivity index (χ4n) is 3.98. The van der Waals surface area contributed by atoms with Crippen molar-refractivity contribution in [2.75, 3.05) is 39.4 Å². The van der Waals surface area contributed by atoms with E-state index in [0.717, 1.165) is 30.8 Å². The van der Waals surface area contributed by atoms with Gasteiger partial charge in [-0.1, -0.05) is 0 Å². The van der Waals surface area contributed by atoms with Crippen molar-refractivity contribution in [3.05, 3.63) is 17.0 Å². The summed E-state index contributed by atoms with van der Waals surface area (Å²) in [5.74, 6) is -0.496. The first-order valence-corrected chi connectivity index (χ1v) is 11.9. The fourth-order valence-corrected chi connectivity index (χ4v) is 6.92. The Labute approximate surface area is 164 Å². The first kappa shape index (κ1) is 19.3. The van der Waals surface area contributed by atoms with Crippen LogP contribution in [-0.2, 0) is 30.7 Å². The van der Waals surface area contributed by atoms with Crippen molar-refractivity contribution in [3.63, 3.8) is 0 Å². The van der Waals surface area contributed by atoms with E-state index < -0.39 is 15.8 Å². The topological polar surface area (TPSA) is 76.2 Å². The molecule has 1 spiro atoms. The highest BCUT2D eigenvalue weighted by molar-refractivity contribution is 7.91. The first-order valence-electron chi connectivity index (χ1n) is 9.63. The number of thiophene rings is 1. The molecule has 3 saturated heterocycles. The third kappa shape index (κ3) is 4.07. The molecule has 27 heavy (non-hydrogen) atoms. The molecule has 1 aromatic rings. The third-order valence-electron chi connectivity index (χ3n) is 5.56. The Morgan fingerprint density at radius 1 is 1.04 bits per heavy atom. The monoisotopic (exact) mass is 414 g/mol. The molecule has 0 bridgehead atoms. The number of carbonyl (C=O) groups is 1. The van der Waals surface area contributed by atoms with Gasteiger partial charge >= 0.3 is 0 Å². The molecule has 7 nitrogen and oxygen atoms in total. The summed E-state index contributed by atoms with van der Waals surface area (Å²) in [6.07, 6.45) is 4.68. The van der Waals surface area contributed by atoms with E-state index in [0.29, 0.717) is 43.4 Å². The summed E-state index contributed by atoms with van der Waals surface area (Å²) in [6, 6.07) is 3.40. The molecule has 0 N–H and O–H groups in total. The summed E-state index contributed by atoms with van der Waals surface area (Å²) >= 11 is 1.21. The van der Waals surface area contributed by atoms with Crippen LogP contribution in [0.2, 0.25) is 0 Å². The maximum atomic E-state index is 13.0. The molecule has 4 heterocycles. The Bertz CT molecular complexity index is 769. The van der Waals surface area contributed by atoms with Crippen molar-refractivity contribution < 1.29 is 22.7 Å². The van der Waals surface area contributed by atoms with Crippen LogP contribution in [0, 0.1) is 0 Å². The quantitative estimate of drug-likeness (QED) is 0.751. The number of amides is 1. The van der Waals surface area contributed by atoms with E-state index in [1.807, 2.05) is 4.90 Å². The number of rotatable bonds is 4. The number of likely N-dealkylation sites (tertiary alicyclic amines) is 1. The van der Waals surface area contributed by atoms with Gasteiger partial charge in [0.1, 0.15) is 4.21 Å². The highest BCUT2D eigenvalue weighted by Crippen LogP contribution is 2.34. The molecule has 3 fully saturated rings. The molecule has 4 rings (SSSR count). The van der Waals surface area contributed by atoms with Crippen LogP contribution in [0.4, 0.5) is 0 Å². The second-order valence-electron chi connectivity index (χ2n) is 7.35. The second kappa shape index (κ2) is 7.79. The largest absolute Gasteiger partial charge is 0.347 e. The average Bonchev–Trinajstić information content (AvgIpc) is 3.33. The predicted octanol–water partition coefficient (Wildman–Crippen LogP) is 1.83. The Kier molecular flexibility index (Phi) is 5.57. The maximum absolute atomic E-state index is 13.0. The van der Waals surface area contributed by atoms with Crippen molar-refractivity contribution >= 4 is 27.3 Å². The summed E-state index contributed by atoms with van der Waals surface area (Å²) in [5, 5.41) is 0. The number of hydrogen-bond acceptors (Lipinski definition) is 6. The van der Waals surface area contributed by atoms with Gasteiger partial charge in [0.25, 0.3) is 10.0 Å². The van der Waals surface area contributed by atoms with E-state index in [1.165, 1.54) is 22.1 Å². The molecule has 0 aliphatic carbocycles. The Morgan fingerprint density at radius 2 is 1.70 bits per heavy atom. The molecular formula is C18H26N2O5S2. The van der Waals surface area contributed by atoms with E-state index >= 15 is 0 Å². The van der Waals surface area contributed by atoms with Gasteiger partial charge in [-0.15, -0.1) is 11.3 Å². The number of nitrogens with zero attached hydrogens (tertiary/aromatic N) is 2. The molecular weight excluding hydrogens is 388 g/mol. The molecule has 0 unspecified atom stereocenters. The van der Waals surface area contributed by atoms with Gasteiger partial charge in [0.2, 0.25) is 5.91 Å². The number of piperidine rings is 2. The van der Waals surface area contributed by atoms with Crippen molar-refractivity contribution in [2.24, 2.45) is 0 Å². The van der Waals surface area contributed by atoms with E-state index in [4.69, 9.17) is 9.47 Å². The molecule has 3 aliphatic rings. The molecule has 9 heteroatoms. The second-order valence-corrected chi connectivity index (χ2v) is 10.7. The zero-order valence-corrected chi connectivity index (χ0v) is 17.0. The van der Waals surface area contributed by atoms with Gasteiger partial charge in [-0.3, -0.25) is 4.79 Å². The normalized spacial score (nSPS) is 23.8. The van der Waals surface area contributed by atoms with Gasteiger partial charge in [-0.05, 0) is 31.4 Å². The van der Waals surface area contributed by atoms with Crippen LogP contribution in [0.15, 0.2) is 16.3 Å². The van der Waals surface area contributed by atoms with Crippen molar-refractivity contribution in [1.82, 2.24) is 9.21 Å². The molecule has 0 saturated carbocycles. The third-order valence-corrected chi connectivity index (χ3v) is 9.01. The molecule has 1 amide bonds. The van der Waals surface area contributed by atoms with Gasteiger partial charge in [-0.2, -0.15) is 4.31 Å². The summed E-state index contributed by atoms with van der Waals surface area (Å²) in [7, 11) is -3.53. The van der Waals surface area contributed by atoms with Crippen LogP contribution >= 0.6 is 11.3 Å². The molecule has 0 atom stereocenters. The highest BCUT2D eigenvalue weighted by atomic mass is 32.2. The van der Waals surface area contributed by atoms with E-state index in [1.54, 1.807) is 12.1 Å². The number of ether oxygens (including phenoxy) is 2. The van der Waals surface area contributed by atoms with Gasteiger partial charge in [0.05, 0.1) is 19.6 Å². The molecule has 150 valence electrons. The van der Waals surface area contributed by atoms with Crippen LogP contribution in [0.5, 0.6) is 0 Å². The van der Waals surface area contributed by atoms with E-state index in [9.17, 15) is 13.2 Å². The number of carbonyl (C=O) groups excluding carboxylic acids is 1. The number of hydrogen-bond donors (Lipinski definition) is 0. The van der Waals surface area contributed by atoms with Crippen LogP contribution < -0.4 is 0 Å². The minimum atomic E-state index is -3.53. The van der Waals surface area contributed by atoms with Crippen molar-refractivity contribution in [2.45, 2.75) is 48.5 Å². The lowest BCUT2D eigenvalue weighted by Crippen LogP contribution is -2.47. The van der Waals surface area contributed by atoms with Gasteiger partial charge in [-0.25, -0.2) is 8.42 Å². The number of sulfonamides is 1. The van der Waals surface area contributed by atoms with Crippen LogP contribution in [-0.4, -0.2) is 68.7 Å². The van der Waals surface area contributed by atoms with E-state index in [-0.39, 0.29) is 12.3 Å². The van der Waals surface area contributed by atoms with Crippen molar-refractivity contribution in [3.8, 4) is 0 Å². The summed E-state index contributed by atoms with van der Waals surface area (Å²) in [5.41, 5.74) is 0. The van der Waals surface area contributed by atoms with E-state index in [2.05, 4.69) is 0 Å². The van der Waals surface area contributed by atoms with Gasteiger partial charge < -0.3 is 14.4 Å². The molecule has 1 aromatic heterocycles. The van der Waals surface area contributed by atoms with Crippen molar-refractivity contribution in [1.29, 1.82) is 0 Å². The average molecular weight is 415 g/mol. The Balaban J connectivity index is 1.39. The summed E-state index contributed by atoms with van der Waals surface area (Å²) in [4.78, 5) is 15.1. The zero-order chi connectivity index (χ0) is 18.9. The SMILES string of the molecule is O=C(Cc1ccc(S(=O)(=O)N2CCC3(CC2)OCCO3)s1)N1CCCCC1. The highest BCUT2D eigenvalue weighted by Gasteiger charge is 2.42. The Morgan fingerprint density at radius 3 is 2.37 bits per heavy atom. The van der Waals surface area contributed by atoms with Crippen LogP contribution in [0.1, 0.15) is 37.0 Å². The van der Waals surface area contributed by atoms with Crippen LogP contribution in [0.25, 0.3) is 0 Å². The standard InChI is InChI=1S/C18H26N2O5S2/c21-16(19-8-2-1-3-9-19)14-15-4-5-17(26-15)27(22,23)20-10-6-18(7-11-20)24-12-13-25-18/h4-5H,1-3,6-14H2. The minimum absolute atomic E-state index is 0.0935. The maximum Gasteiger partial charge on any atom is 0.252 e.